The number of benzene rings is 1. The molecular formula is C14H21N3O2. The van der Waals surface area contributed by atoms with E-state index in [9.17, 15) is 10.1 Å². The van der Waals surface area contributed by atoms with E-state index in [1.807, 2.05) is 12.1 Å². The SMILES string of the molecule is CC1CCCCN1C(CN)c1ccccc1[N+](=O)[O-]. The lowest BCUT2D eigenvalue weighted by atomic mass is 9.96. The highest BCUT2D eigenvalue weighted by Crippen LogP contribution is 2.32. The minimum Gasteiger partial charge on any atom is -0.329 e. The van der Waals surface area contributed by atoms with E-state index in [1.54, 1.807) is 12.1 Å². The number of likely N-dealkylation sites (tertiary alicyclic amines) is 1. The summed E-state index contributed by atoms with van der Waals surface area (Å²) < 4.78 is 0. The smallest absolute Gasteiger partial charge is 0.274 e. The second-order valence-electron chi connectivity index (χ2n) is 5.15. The van der Waals surface area contributed by atoms with Gasteiger partial charge in [-0.25, -0.2) is 0 Å². The van der Waals surface area contributed by atoms with E-state index in [1.165, 1.54) is 6.42 Å². The van der Waals surface area contributed by atoms with E-state index in [2.05, 4.69) is 11.8 Å². The number of nitro groups is 1. The maximum atomic E-state index is 11.2. The fourth-order valence-electron chi connectivity index (χ4n) is 2.96. The zero-order valence-corrected chi connectivity index (χ0v) is 11.3. The Kier molecular flexibility index (Phi) is 4.50. The first-order valence-electron chi connectivity index (χ1n) is 6.84. The summed E-state index contributed by atoms with van der Waals surface area (Å²) in [4.78, 5) is 13.2. The fraction of sp³-hybridized carbons (Fsp3) is 0.571. The van der Waals surface area contributed by atoms with Gasteiger partial charge in [-0.15, -0.1) is 0 Å². The summed E-state index contributed by atoms with van der Waals surface area (Å²) in [6.45, 7) is 3.56. The first kappa shape index (κ1) is 14.0. The molecule has 5 nitrogen and oxygen atoms in total. The van der Waals surface area contributed by atoms with Crippen molar-refractivity contribution in [2.75, 3.05) is 13.1 Å². The molecule has 0 spiro atoms. The zero-order valence-electron chi connectivity index (χ0n) is 11.3. The summed E-state index contributed by atoms with van der Waals surface area (Å²) in [5.74, 6) is 0. The molecule has 1 saturated heterocycles. The van der Waals surface area contributed by atoms with E-state index >= 15 is 0 Å². The molecular weight excluding hydrogens is 242 g/mol. The molecule has 2 unspecified atom stereocenters. The summed E-state index contributed by atoms with van der Waals surface area (Å²) in [5, 5.41) is 11.2. The van der Waals surface area contributed by atoms with Crippen LogP contribution in [0.3, 0.4) is 0 Å². The summed E-state index contributed by atoms with van der Waals surface area (Å²) in [7, 11) is 0. The summed E-state index contributed by atoms with van der Waals surface area (Å²) >= 11 is 0. The minimum atomic E-state index is -0.313. The quantitative estimate of drug-likeness (QED) is 0.669. The summed E-state index contributed by atoms with van der Waals surface area (Å²) in [6, 6.07) is 7.32. The Hall–Kier alpha value is -1.46. The van der Waals surface area contributed by atoms with Crippen LogP contribution in [-0.2, 0) is 0 Å². The largest absolute Gasteiger partial charge is 0.329 e. The molecule has 0 saturated carbocycles. The molecule has 0 bridgehead atoms. The summed E-state index contributed by atoms with van der Waals surface area (Å²) in [6.07, 6.45) is 3.50. The number of piperidine rings is 1. The molecule has 1 aromatic carbocycles. The maximum absolute atomic E-state index is 11.2. The normalized spacial score (nSPS) is 22.1. The van der Waals surface area contributed by atoms with Gasteiger partial charge in [0.1, 0.15) is 0 Å². The molecule has 0 amide bonds. The average Bonchev–Trinajstić information content (AvgIpc) is 2.42. The Morgan fingerprint density at radius 2 is 2.21 bits per heavy atom. The van der Waals surface area contributed by atoms with Crippen LogP contribution in [0.25, 0.3) is 0 Å². The highest BCUT2D eigenvalue weighted by Gasteiger charge is 2.30. The molecule has 2 atom stereocenters. The van der Waals surface area contributed by atoms with E-state index < -0.39 is 0 Å². The van der Waals surface area contributed by atoms with Gasteiger partial charge in [0.2, 0.25) is 0 Å². The monoisotopic (exact) mass is 263 g/mol. The van der Waals surface area contributed by atoms with Crippen molar-refractivity contribution in [3.8, 4) is 0 Å². The third kappa shape index (κ3) is 2.93. The topological polar surface area (TPSA) is 72.4 Å². The van der Waals surface area contributed by atoms with Crippen LogP contribution in [0.5, 0.6) is 0 Å². The van der Waals surface area contributed by atoms with Crippen molar-refractivity contribution in [1.29, 1.82) is 0 Å². The number of hydrogen-bond donors (Lipinski definition) is 1. The van der Waals surface area contributed by atoms with Gasteiger partial charge in [0.05, 0.1) is 11.0 Å². The molecule has 2 N–H and O–H groups in total. The van der Waals surface area contributed by atoms with Crippen molar-refractivity contribution < 1.29 is 4.92 Å². The van der Waals surface area contributed by atoms with Crippen molar-refractivity contribution in [3.63, 3.8) is 0 Å². The number of nitro benzene ring substituents is 1. The molecule has 1 aliphatic rings. The van der Waals surface area contributed by atoms with Gasteiger partial charge in [0, 0.05) is 24.2 Å². The van der Waals surface area contributed by atoms with Crippen LogP contribution in [0.2, 0.25) is 0 Å². The number of hydrogen-bond acceptors (Lipinski definition) is 4. The van der Waals surface area contributed by atoms with Crippen molar-refractivity contribution in [1.82, 2.24) is 4.90 Å². The fourth-order valence-corrected chi connectivity index (χ4v) is 2.96. The molecule has 0 aliphatic carbocycles. The first-order chi connectivity index (χ1) is 9.15. The van der Waals surface area contributed by atoms with E-state index in [0.29, 0.717) is 12.6 Å². The first-order valence-corrected chi connectivity index (χ1v) is 6.84. The van der Waals surface area contributed by atoms with Crippen LogP contribution in [0.1, 0.15) is 37.8 Å². The molecule has 1 heterocycles. The van der Waals surface area contributed by atoms with E-state index in [0.717, 1.165) is 24.9 Å². The van der Waals surface area contributed by atoms with Gasteiger partial charge in [0.25, 0.3) is 5.69 Å². The van der Waals surface area contributed by atoms with Crippen LogP contribution in [0.4, 0.5) is 5.69 Å². The molecule has 1 aliphatic heterocycles. The average molecular weight is 263 g/mol. The lowest BCUT2D eigenvalue weighted by Gasteiger charge is -2.39. The van der Waals surface area contributed by atoms with Crippen molar-refractivity contribution >= 4 is 5.69 Å². The number of rotatable bonds is 4. The standard InChI is InChI=1S/C14H21N3O2/c1-11-6-4-5-9-16(11)14(10-15)12-7-2-3-8-13(12)17(18)19/h2-3,7-8,11,14H,4-6,9-10,15H2,1H3. The predicted octanol–water partition coefficient (Wildman–Crippen LogP) is 2.47. The predicted molar refractivity (Wildman–Crippen MR) is 74.9 cm³/mol. The third-order valence-electron chi connectivity index (χ3n) is 3.97. The Labute approximate surface area is 113 Å². The summed E-state index contributed by atoms with van der Waals surface area (Å²) in [5.41, 5.74) is 6.82. The molecule has 2 rings (SSSR count). The Morgan fingerprint density at radius 3 is 2.84 bits per heavy atom. The second kappa shape index (κ2) is 6.12. The Bertz CT molecular complexity index is 450. The van der Waals surface area contributed by atoms with Gasteiger partial charge >= 0.3 is 0 Å². The van der Waals surface area contributed by atoms with Crippen molar-refractivity contribution in [3.05, 3.63) is 39.9 Å². The third-order valence-corrected chi connectivity index (χ3v) is 3.97. The van der Waals surface area contributed by atoms with Gasteiger partial charge in [-0.3, -0.25) is 15.0 Å². The molecule has 1 fully saturated rings. The van der Waals surface area contributed by atoms with Gasteiger partial charge < -0.3 is 5.73 Å². The van der Waals surface area contributed by atoms with Crippen LogP contribution in [-0.4, -0.2) is 29.0 Å². The molecule has 19 heavy (non-hydrogen) atoms. The highest BCUT2D eigenvalue weighted by atomic mass is 16.6. The minimum absolute atomic E-state index is 0.0584. The van der Waals surface area contributed by atoms with Gasteiger partial charge in [0.15, 0.2) is 0 Å². The van der Waals surface area contributed by atoms with E-state index in [4.69, 9.17) is 5.73 Å². The maximum Gasteiger partial charge on any atom is 0.274 e. The Morgan fingerprint density at radius 1 is 1.47 bits per heavy atom. The number of nitrogens with two attached hydrogens (primary N) is 1. The van der Waals surface area contributed by atoms with Gasteiger partial charge in [-0.1, -0.05) is 24.6 Å². The van der Waals surface area contributed by atoms with Crippen LogP contribution < -0.4 is 5.73 Å². The van der Waals surface area contributed by atoms with Gasteiger partial charge in [-0.2, -0.15) is 0 Å². The van der Waals surface area contributed by atoms with Crippen molar-refractivity contribution in [2.45, 2.75) is 38.3 Å². The van der Waals surface area contributed by atoms with E-state index in [-0.39, 0.29) is 16.7 Å². The molecule has 104 valence electrons. The van der Waals surface area contributed by atoms with Crippen LogP contribution in [0.15, 0.2) is 24.3 Å². The number of nitrogens with zero attached hydrogens (tertiary/aromatic N) is 2. The lowest BCUT2D eigenvalue weighted by Crippen LogP contribution is -2.43. The zero-order chi connectivity index (χ0) is 13.8. The molecule has 1 aromatic rings. The van der Waals surface area contributed by atoms with Crippen molar-refractivity contribution in [2.24, 2.45) is 5.73 Å². The lowest BCUT2D eigenvalue weighted by molar-refractivity contribution is -0.386. The van der Waals surface area contributed by atoms with Gasteiger partial charge in [-0.05, 0) is 26.3 Å². The second-order valence-corrected chi connectivity index (χ2v) is 5.15. The molecule has 0 radical (unpaired) electrons. The van der Waals surface area contributed by atoms with Crippen LogP contribution in [0, 0.1) is 10.1 Å². The Balaban J connectivity index is 2.33. The highest BCUT2D eigenvalue weighted by molar-refractivity contribution is 5.42. The molecule has 0 aromatic heterocycles. The number of para-hydroxylation sites is 1. The van der Waals surface area contributed by atoms with Crippen LogP contribution >= 0.6 is 0 Å². The molecule has 5 heteroatoms.